The van der Waals surface area contributed by atoms with E-state index in [2.05, 4.69) is 4.74 Å². The second-order valence-corrected chi connectivity index (χ2v) is 2.73. The van der Waals surface area contributed by atoms with Crippen LogP contribution in [-0.4, -0.2) is 25.8 Å². The van der Waals surface area contributed by atoms with Gasteiger partial charge < -0.3 is 9.47 Å². The first-order chi connectivity index (χ1) is 5.34. The maximum Gasteiger partial charge on any atom is 0.334 e. The van der Waals surface area contributed by atoms with Crippen LogP contribution in [0.1, 0.15) is 25.7 Å². The van der Waals surface area contributed by atoms with Gasteiger partial charge in [0.25, 0.3) is 0 Å². The molecule has 64 valence electrons. The fourth-order valence-electron chi connectivity index (χ4n) is 1.23. The van der Waals surface area contributed by atoms with Crippen molar-refractivity contribution in [2.45, 2.75) is 31.8 Å². The molecule has 3 nitrogen and oxygen atoms in total. The maximum atomic E-state index is 11.0. The second-order valence-electron chi connectivity index (χ2n) is 2.73. The Balaban J connectivity index is 2.36. The molecule has 1 rings (SSSR count). The van der Waals surface area contributed by atoms with Crippen molar-refractivity contribution >= 4 is 5.97 Å². The van der Waals surface area contributed by atoms with Gasteiger partial charge in [0.2, 0.25) is 0 Å². The van der Waals surface area contributed by atoms with E-state index < -0.39 is 0 Å². The van der Waals surface area contributed by atoms with Crippen LogP contribution in [0, 0.1) is 0 Å². The minimum Gasteiger partial charge on any atom is -0.467 e. The van der Waals surface area contributed by atoms with Crippen molar-refractivity contribution in [3.05, 3.63) is 0 Å². The zero-order chi connectivity index (χ0) is 8.10. The quantitative estimate of drug-likeness (QED) is 0.536. The molecule has 3 heteroatoms. The van der Waals surface area contributed by atoms with Gasteiger partial charge in [-0.15, -0.1) is 0 Å². The van der Waals surface area contributed by atoms with Crippen LogP contribution in [0.15, 0.2) is 0 Å². The SMILES string of the molecule is COC(=O)C1CCCCCO1. The Morgan fingerprint density at radius 1 is 1.45 bits per heavy atom. The highest BCUT2D eigenvalue weighted by atomic mass is 16.6. The second kappa shape index (κ2) is 4.34. The molecule has 1 fully saturated rings. The van der Waals surface area contributed by atoms with E-state index in [-0.39, 0.29) is 12.1 Å². The molecule has 1 aliphatic heterocycles. The molecule has 0 radical (unpaired) electrons. The average molecular weight is 158 g/mol. The van der Waals surface area contributed by atoms with Gasteiger partial charge >= 0.3 is 5.97 Å². The molecule has 0 aromatic heterocycles. The number of carbonyl (C=O) groups is 1. The first-order valence-corrected chi connectivity index (χ1v) is 4.04. The summed E-state index contributed by atoms with van der Waals surface area (Å²) in [6.45, 7) is 0.694. The van der Waals surface area contributed by atoms with Crippen molar-refractivity contribution in [1.29, 1.82) is 0 Å². The number of esters is 1. The molecule has 0 amide bonds. The van der Waals surface area contributed by atoms with Crippen LogP contribution in [0.25, 0.3) is 0 Å². The molecule has 11 heavy (non-hydrogen) atoms. The Bertz CT molecular complexity index is 125. The number of hydrogen-bond donors (Lipinski definition) is 0. The van der Waals surface area contributed by atoms with Crippen LogP contribution >= 0.6 is 0 Å². The molecule has 0 aromatic rings. The van der Waals surface area contributed by atoms with Crippen LogP contribution in [0.2, 0.25) is 0 Å². The monoisotopic (exact) mass is 158 g/mol. The van der Waals surface area contributed by atoms with Crippen LogP contribution in [0.5, 0.6) is 0 Å². The molecule has 0 saturated carbocycles. The summed E-state index contributed by atoms with van der Waals surface area (Å²) in [4.78, 5) is 11.0. The van der Waals surface area contributed by atoms with Gasteiger partial charge in [0.05, 0.1) is 7.11 Å². The normalized spacial score (nSPS) is 25.7. The highest BCUT2D eigenvalue weighted by Gasteiger charge is 2.20. The van der Waals surface area contributed by atoms with E-state index in [0.717, 1.165) is 25.7 Å². The predicted molar refractivity (Wildman–Crippen MR) is 40.2 cm³/mol. The van der Waals surface area contributed by atoms with Crippen molar-refractivity contribution in [3.8, 4) is 0 Å². The third-order valence-corrected chi connectivity index (χ3v) is 1.89. The van der Waals surface area contributed by atoms with Crippen molar-refractivity contribution in [2.24, 2.45) is 0 Å². The molecule has 0 spiro atoms. The lowest BCUT2D eigenvalue weighted by Gasteiger charge is -2.10. The van der Waals surface area contributed by atoms with E-state index in [4.69, 9.17) is 4.74 Å². The van der Waals surface area contributed by atoms with Gasteiger partial charge in [-0.25, -0.2) is 4.79 Å². The Kier molecular flexibility index (Phi) is 3.36. The smallest absolute Gasteiger partial charge is 0.334 e. The third kappa shape index (κ3) is 2.50. The topological polar surface area (TPSA) is 35.5 Å². The van der Waals surface area contributed by atoms with Crippen molar-refractivity contribution in [3.63, 3.8) is 0 Å². The van der Waals surface area contributed by atoms with E-state index in [1.807, 2.05) is 0 Å². The minimum absolute atomic E-state index is 0.230. The van der Waals surface area contributed by atoms with Gasteiger partial charge in [0.15, 0.2) is 6.10 Å². The fourth-order valence-corrected chi connectivity index (χ4v) is 1.23. The lowest BCUT2D eigenvalue weighted by Crippen LogP contribution is -2.24. The van der Waals surface area contributed by atoms with Gasteiger partial charge in [-0.2, -0.15) is 0 Å². The van der Waals surface area contributed by atoms with E-state index in [1.54, 1.807) is 0 Å². The van der Waals surface area contributed by atoms with Gasteiger partial charge in [0, 0.05) is 6.61 Å². The van der Waals surface area contributed by atoms with E-state index in [0.29, 0.717) is 6.61 Å². The molecule has 1 heterocycles. The molecule has 1 aliphatic rings. The fraction of sp³-hybridized carbons (Fsp3) is 0.875. The summed E-state index contributed by atoms with van der Waals surface area (Å²) in [7, 11) is 1.40. The zero-order valence-electron chi connectivity index (χ0n) is 6.84. The largest absolute Gasteiger partial charge is 0.467 e. The number of rotatable bonds is 1. The van der Waals surface area contributed by atoms with Gasteiger partial charge in [-0.1, -0.05) is 12.8 Å². The molecule has 1 atom stereocenters. The third-order valence-electron chi connectivity index (χ3n) is 1.89. The predicted octanol–water partition coefficient (Wildman–Crippen LogP) is 1.12. The molecule has 0 N–H and O–H groups in total. The van der Waals surface area contributed by atoms with E-state index >= 15 is 0 Å². The zero-order valence-corrected chi connectivity index (χ0v) is 6.84. The summed E-state index contributed by atoms with van der Waals surface area (Å²) in [6, 6.07) is 0. The Morgan fingerprint density at radius 2 is 2.27 bits per heavy atom. The number of carbonyl (C=O) groups excluding carboxylic acids is 1. The molecular formula is C8H14O3. The Morgan fingerprint density at radius 3 is 3.00 bits per heavy atom. The summed E-state index contributed by atoms with van der Waals surface area (Å²) >= 11 is 0. The first-order valence-electron chi connectivity index (χ1n) is 4.04. The standard InChI is InChI=1S/C8H14O3/c1-10-8(9)7-5-3-2-4-6-11-7/h7H,2-6H2,1H3. The maximum absolute atomic E-state index is 11.0. The molecule has 0 bridgehead atoms. The number of hydrogen-bond acceptors (Lipinski definition) is 3. The van der Waals surface area contributed by atoms with E-state index in [1.165, 1.54) is 7.11 Å². The van der Waals surface area contributed by atoms with Gasteiger partial charge in [0.1, 0.15) is 0 Å². The van der Waals surface area contributed by atoms with Crippen LogP contribution in [0.3, 0.4) is 0 Å². The van der Waals surface area contributed by atoms with Gasteiger partial charge in [-0.3, -0.25) is 0 Å². The Labute approximate surface area is 66.7 Å². The lowest BCUT2D eigenvalue weighted by atomic mass is 10.1. The van der Waals surface area contributed by atoms with Crippen molar-refractivity contribution in [1.82, 2.24) is 0 Å². The molecule has 1 unspecified atom stereocenters. The molecule has 1 saturated heterocycles. The number of methoxy groups -OCH3 is 1. The minimum atomic E-state index is -0.303. The van der Waals surface area contributed by atoms with Crippen LogP contribution in [0.4, 0.5) is 0 Å². The summed E-state index contributed by atoms with van der Waals surface area (Å²) in [5, 5.41) is 0. The van der Waals surface area contributed by atoms with E-state index in [9.17, 15) is 4.79 Å². The Hall–Kier alpha value is -0.570. The molecular weight excluding hydrogens is 144 g/mol. The van der Waals surface area contributed by atoms with Crippen LogP contribution < -0.4 is 0 Å². The highest BCUT2D eigenvalue weighted by molar-refractivity contribution is 5.74. The summed E-state index contributed by atoms with van der Waals surface area (Å²) in [6.07, 6.45) is 3.80. The van der Waals surface area contributed by atoms with Crippen molar-refractivity contribution in [2.75, 3.05) is 13.7 Å². The summed E-state index contributed by atoms with van der Waals surface area (Å²) < 4.78 is 9.86. The summed E-state index contributed by atoms with van der Waals surface area (Å²) in [5.41, 5.74) is 0. The van der Waals surface area contributed by atoms with Crippen molar-refractivity contribution < 1.29 is 14.3 Å². The lowest BCUT2D eigenvalue weighted by molar-refractivity contribution is -0.153. The molecule has 0 aromatic carbocycles. The van der Waals surface area contributed by atoms with Crippen LogP contribution in [-0.2, 0) is 14.3 Å². The average Bonchev–Trinajstić information content (AvgIpc) is 2.30. The summed E-state index contributed by atoms with van der Waals surface area (Å²) in [5.74, 6) is -0.230. The van der Waals surface area contributed by atoms with Gasteiger partial charge in [-0.05, 0) is 12.8 Å². The highest BCUT2D eigenvalue weighted by Crippen LogP contribution is 2.13. The first kappa shape index (κ1) is 8.53. The molecule has 0 aliphatic carbocycles. The number of ether oxygens (including phenoxy) is 2.